The summed E-state index contributed by atoms with van der Waals surface area (Å²) in [6.45, 7) is 8.00. The van der Waals surface area contributed by atoms with Crippen molar-refractivity contribution in [3.8, 4) is 0 Å². The standard InChI is InChI=1S/C16H29N3O3/c1-13-14(17-6-11-22-13)15(20)18-12-16(4-9-21-10-5-16)19-7-2-3-8-19/h13-14,17H,2-12H2,1H3,(H,18,20)/t13-,14+/m1/s1. The second-order valence-corrected chi connectivity index (χ2v) is 6.76. The van der Waals surface area contributed by atoms with Gasteiger partial charge in [-0.05, 0) is 45.7 Å². The average molecular weight is 311 g/mol. The third kappa shape index (κ3) is 3.45. The molecular weight excluding hydrogens is 282 g/mol. The molecule has 0 bridgehead atoms. The summed E-state index contributed by atoms with van der Waals surface area (Å²) in [6.07, 6.45) is 4.50. The number of rotatable bonds is 4. The van der Waals surface area contributed by atoms with Gasteiger partial charge in [0.2, 0.25) is 5.91 Å². The number of hydrogen-bond acceptors (Lipinski definition) is 5. The van der Waals surface area contributed by atoms with Crippen molar-refractivity contribution in [2.75, 3.05) is 46.0 Å². The van der Waals surface area contributed by atoms with E-state index >= 15 is 0 Å². The molecule has 0 aromatic rings. The summed E-state index contributed by atoms with van der Waals surface area (Å²) < 4.78 is 11.1. The molecule has 2 N–H and O–H groups in total. The first kappa shape index (κ1) is 16.2. The van der Waals surface area contributed by atoms with E-state index in [9.17, 15) is 4.79 Å². The van der Waals surface area contributed by atoms with Crippen molar-refractivity contribution < 1.29 is 14.3 Å². The average Bonchev–Trinajstić information content (AvgIpc) is 3.09. The zero-order valence-electron chi connectivity index (χ0n) is 13.6. The maximum Gasteiger partial charge on any atom is 0.239 e. The predicted octanol–water partition coefficient (Wildman–Crippen LogP) is 0.125. The second kappa shape index (κ2) is 7.25. The van der Waals surface area contributed by atoms with Crippen LogP contribution in [0.2, 0.25) is 0 Å². The first-order chi connectivity index (χ1) is 10.7. The van der Waals surface area contributed by atoms with Crippen LogP contribution in [0.5, 0.6) is 0 Å². The number of amides is 1. The van der Waals surface area contributed by atoms with Crippen molar-refractivity contribution in [3.63, 3.8) is 0 Å². The molecule has 3 rings (SSSR count). The summed E-state index contributed by atoms with van der Waals surface area (Å²) in [5, 5.41) is 6.45. The molecule has 22 heavy (non-hydrogen) atoms. The van der Waals surface area contributed by atoms with Crippen LogP contribution in [0.25, 0.3) is 0 Å². The molecule has 0 spiro atoms. The van der Waals surface area contributed by atoms with Crippen molar-refractivity contribution in [2.45, 2.75) is 50.3 Å². The van der Waals surface area contributed by atoms with E-state index in [0.29, 0.717) is 6.61 Å². The Morgan fingerprint density at radius 2 is 2.00 bits per heavy atom. The fraction of sp³-hybridized carbons (Fsp3) is 0.938. The number of carbonyl (C=O) groups is 1. The molecule has 0 unspecified atom stereocenters. The monoisotopic (exact) mass is 311 g/mol. The first-order valence-corrected chi connectivity index (χ1v) is 8.67. The minimum atomic E-state index is -0.232. The van der Waals surface area contributed by atoms with Crippen LogP contribution in [0.4, 0.5) is 0 Å². The Balaban J connectivity index is 1.59. The van der Waals surface area contributed by atoms with Gasteiger partial charge in [0, 0.05) is 31.8 Å². The van der Waals surface area contributed by atoms with E-state index < -0.39 is 0 Å². The van der Waals surface area contributed by atoms with Gasteiger partial charge in [0.1, 0.15) is 6.04 Å². The van der Waals surface area contributed by atoms with Gasteiger partial charge in [-0.1, -0.05) is 0 Å². The molecule has 3 saturated heterocycles. The maximum absolute atomic E-state index is 12.5. The highest BCUT2D eigenvalue weighted by Gasteiger charge is 2.40. The zero-order valence-corrected chi connectivity index (χ0v) is 13.6. The van der Waals surface area contributed by atoms with E-state index in [4.69, 9.17) is 9.47 Å². The van der Waals surface area contributed by atoms with E-state index in [0.717, 1.165) is 52.2 Å². The Morgan fingerprint density at radius 3 is 2.68 bits per heavy atom. The SMILES string of the molecule is C[C@H]1OCCN[C@@H]1C(=O)NCC1(N2CCCC2)CCOCC1. The van der Waals surface area contributed by atoms with Crippen LogP contribution in [-0.2, 0) is 14.3 Å². The Hall–Kier alpha value is -0.690. The van der Waals surface area contributed by atoms with Crippen LogP contribution in [0.1, 0.15) is 32.6 Å². The number of hydrogen-bond donors (Lipinski definition) is 2. The molecule has 1 amide bonds. The smallest absolute Gasteiger partial charge is 0.239 e. The van der Waals surface area contributed by atoms with Gasteiger partial charge in [-0.15, -0.1) is 0 Å². The number of morpholine rings is 1. The maximum atomic E-state index is 12.5. The molecule has 0 aromatic carbocycles. The van der Waals surface area contributed by atoms with Gasteiger partial charge in [0.15, 0.2) is 0 Å². The molecule has 6 heteroatoms. The van der Waals surface area contributed by atoms with Crippen LogP contribution in [0, 0.1) is 0 Å². The fourth-order valence-electron chi connectivity index (χ4n) is 3.94. The van der Waals surface area contributed by atoms with Crippen molar-refractivity contribution >= 4 is 5.91 Å². The molecule has 126 valence electrons. The number of nitrogens with zero attached hydrogens (tertiary/aromatic N) is 1. The first-order valence-electron chi connectivity index (χ1n) is 8.67. The van der Waals surface area contributed by atoms with Crippen LogP contribution in [0.15, 0.2) is 0 Å². The lowest BCUT2D eigenvalue weighted by molar-refractivity contribution is -0.130. The van der Waals surface area contributed by atoms with Crippen molar-refractivity contribution in [1.82, 2.24) is 15.5 Å². The summed E-state index contributed by atoms with van der Waals surface area (Å²) in [5.41, 5.74) is 0.0865. The molecule has 0 aliphatic carbocycles. The van der Waals surface area contributed by atoms with E-state index in [1.165, 1.54) is 12.8 Å². The van der Waals surface area contributed by atoms with Gasteiger partial charge in [-0.2, -0.15) is 0 Å². The third-order valence-corrected chi connectivity index (χ3v) is 5.39. The third-order valence-electron chi connectivity index (χ3n) is 5.39. The van der Waals surface area contributed by atoms with Crippen molar-refractivity contribution in [2.24, 2.45) is 0 Å². The van der Waals surface area contributed by atoms with Crippen LogP contribution in [0.3, 0.4) is 0 Å². The Labute approximate surface area is 132 Å². The fourth-order valence-corrected chi connectivity index (χ4v) is 3.94. The molecule has 0 radical (unpaired) electrons. The molecule has 0 saturated carbocycles. The number of carbonyl (C=O) groups excluding carboxylic acids is 1. The quantitative estimate of drug-likeness (QED) is 0.772. The summed E-state index contributed by atoms with van der Waals surface area (Å²) in [6, 6.07) is -0.232. The van der Waals surface area contributed by atoms with E-state index in [-0.39, 0.29) is 23.6 Å². The zero-order chi connectivity index (χ0) is 15.4. The van der Waals surface area contributed by atoms with Gasteiger partial charge in [-0.25, -0.2) is 0 Å². The minimum Gasteiger partial charge on any atom is -0.381 e. The lowest BCUT2D eigenvalue weighted by Crippen LogP contribution is -2.61. The van der Waals surface area contributed by atoms with Gasteiger partial charge < -0.3 is 20.1 Å². The number of likely N-dealkylation sites (tertiary alicyclic amines) is 1. The lowest BCUT2D eigenvalue weighted by Gasteiger charge is -2.45. The topological polar surface area (TPSA) is 62.8 Å². The Kier molecular flexibility index (Phi) is 5.33. The summed E-state index contributed by atoms with van der Waals surface area (Å²) in [4.78, 5) is 15.1. The van der Waals surface area contributed by atoms with Crippen LogP contribution in [-0.4, -0.2) is 74.5 Å². The molecular formula is C16H29N3O3. The Bertz CT molecular complexity index is 379. The molecule has 3 fully saturated rings. The minimum absolute atomic E-state index is 0.0637. The van der Waals surface area contributed by atoms with Gasteiger partial charge >= 0.3 is 0 Å². The second-order valence-electron chi connectivity index (χ2n) is 6.76. The molecule has 3 heterocycles. The summed E-state index contributed by atoms with van der Waals surface area (Å²) >= 11 is 0. The van der Waals surface area contributed by atoms with Gasteiger partial charge in [0.05, 0.1) is 12.7 Å². The predicted molar refractivity (Wildman–Crippen MR) is 83.8 cm³/mol. The highest BCUT2D eigenvalue weighted by Crippen LogP contribution is 2.30. The molecule has 3 aliphatic heterocycles. The summed E-state index contributed by atoms with van der Waals surface area (Å²) in [5.74, 6) is 0.0669. The van der Waals surface area contributed by atoms with Crippen LogP contribution >= 0.6 is 0 Å². The normalized spacial score (nSPS) is 32.8. The van der Waals surface area contributed by atoms with E-state index in [1.807, 2.05) is 6.92 Å². The highest BCUT2D eigenvalue weighted by molar-refractivity contribution is 5.82. The number of ether oxygens (including phenoxy) is 2. The molecule has 2 atom stereocenters. The molecule has 6 nitrogen and oxygen atoms in total. The lowest BCUT2D eigenvalue weighted by atomic mass is 9.88. The van der Waals surface area contributed by atoms with Gasteiger partial charge in [-0.3, -0.25) is 9.69 Å². The molecule has 0 aromatic heterocycles. The highest BCUT2D eigenvalue weighted by atomic mass is 16.5. The van der Waals surface area contributed by atoms with Crippen molar-refractivity contribution in [3.05, 3.63) is 0 Å². The number of nitrogens with one attached hydrogen (secondary N) is 2. The Morgan fingerprint density at radius 1 is 1.27 bits per heavy atom. The molecule has 3 aliphatic rings. The van der Waals surface area contributed by atoms with Crippen LogP contribution < -0.4 is 10.6 Å². The van der Waals surface area contributed by atoms with E-state index in [2.05, 4.69) is 15.5 Å². The van der Waals surface area contributed by atoms with Gasteiger partial charge in [0.25, 0.3) is 0 Å². The largest absolute Gasteiger partial charge is 0.381 e. The van der Waals surface area contributed by atoms with E-state index in [1.54, 1.807) is 0 Å². The summed E-state index contributed by atoms with van der Waals surface area (Å²) in [7, 11) is 0. The van der Waals surface area contributed by atoms with Crippen molar-refractivity contribution in [1.29, 1.82) is 0 Å².